The van der Waals surface area contributed by atoms with Crippen molar-refractivity contribution in [2.75, 3.05) is 31.2 Å². The van der Waals surface area contributed by atoms with Crippen molar-refractivity contribution in [3.63, 3.8) is 0 Å². The summed E-state index contributed by atoms with van der Waals surface area (Å²) >= 11 is 1.61. The minimum absolute atomic E-state index is 0.640. The van der Waals surface area contributed by atoms with E-state index in [1.54, 1.807) is 18.0 Å². The van der Waals surface area contributed by atoms with Crippen LogP contribution in [0.3, 0.4) is 0 Å². The van der Waals surface area contributed by atoms with Crippen molar-refractivity contribution in [1.82, 2.24) is 19.7 Å². The minimum atomic E-state index is 0.640. The van der Waals surface area contributed by atoms with Crippen molar-refractivity contribution in [3.8, 4) is 17.1 Å². The third-order valence-corrected chi connectivity index (χ3v) is 6.74. The summed E-state index contributed by atoms with van der Waals surface area (Å²) < 4.78 is 13.5. The summed E-state index contributed by atoms with van der Waals surface area (Å²) in [4.78, 5) is 6.97. The summed E-state index contributed by atoms with van der Waals surface area (Å²) in [5, 5.41) is 9.94. The number of benzene rings is 2. The summed E-state index contributed by atoms with van der Waals surface area (Å²) in [7, 11) is 0. The van der Waals surface area contributed by atoms with Crippen LogP contribution in [-0.2, 0) is 10.5 Å². The largest absolute Gasteiger partial charge is 0.444 e. The van der Waals surface area contributed by atoms with Gasteiger partial charge in [-0.05, 0) is 44.0 Å². The second-order valence-electron chi connectivity index (χ2n) is 8.25. The maximum absolute atomic E-state index is 5.80. The molecule has 0 amide bonds. The highest BCUT2D eigenvalue weighted by Crippen LogP contribution is 2.31. The van der Waals surface area contributed by atoms with E-state index in [9.17, 15) is 0 Å². The molecule has 7 nitrogen and oxygen atoms in total. The molecule has 0 N–H and O–H groups in total. The van der Waals surface area contributed by atoms with E-state index in [4.69, 9.17) is 14.1 Å². The molecule has 0 atom stereocenters. The van der Waals surface area contributed by atoms with E-state index in [0.29, 0.717) is 24.9 Å². The number of aryl methyl sites for hydroxylation is 3. The number of hydrogen-bond donors (Lipinski definition) is 0. The molecule has 170 valence electrons. The zero-order valence-corrected chi connectivity index (χ0v) is 19.9. The lowest BCUT2D eigenvalue weighted by atomic mass is 10.1. The van der Waals surface area contributed by atoms with E-state index in [1.165, 1.54) is 11.1 Å². The number of hydrogen-bond acceptors (Lipinski definition) is 7. The molecule has 4 aromatic rings. The first-order valence-electron chi connectivity index (χ1n) is 11.1. The van der Waals surface area contributed by atoms with Crippen molar-refractivity contribution in [1.29, 1.82) is 0 Å². The number of para-hydroxylation sites is 1. The van der Waals surface area contributed by atoms with Gasteiger partial charge in [-0.3, -0.25) is 4.57 Å². The normalized spacial score (nSPS) is 14.1. The maximum Gasteiger partial charge on any atom is 0.232 e. The molecular formula is C25H27N5O2S. The van der Waals surface area contributed by atoms with Gasteiger partial charge in [0.1, 0.15) is 6.26 Å². The van der Waals surface area contributed by atoms with Gasteiger partial charge in [0.25, 0.3) is 0 Å². The molecule has 2 aromatic carbocycles. The molecule has 0 radical (unpaired) electrons. The Morgan fingerprint density at radius 2 is 1.79 bits per heavy atom. The Morgan fingerprint density at radius 3 is 2.58 bits per heavy atom. The highest BCUT2D eigenvalue weighted by molar-refractivity contribution is 7.98. The first kappa shape index (κ1) is 21.7. The van der Waals surface area contributed by atoms with Gasteiger partial charge < -0.3 is 14.1 Å². The number of thioether (sulfide) groups is 1. The number of ether oxygens (including phenoxy) is 1. The quantitative estimate of drug-likeness (QED) is 0.375. The van der Waals surface area contributed by atoms with Crippen LogP contribution >= 0.6 is 11.8 Å². The molecule has 2 aromatic heterocycles. The monoisotopic (exact) mass is 461 g/mol. The van der Waals surface area contributed by atoms with Crippen LogP contribution in [0.1, 0.15) is 22.4 Å². The smallest absolute Gasteiger partial charge is 0.232 e. The fourth-order valence-electron chi connectivity index (χ4n) is 4.04. The molecule has 0 spiro atoms. The summed E-state index contributed by atoms with van der Waals surface area (Å²) in [6.07, 6.45) is 1.74. The Balaban J connectivity index is 1.42. The van der Waals surface area contributed by atoms with Crippen LogP contribution in [0.5, 0.6) is 0 Å². The molecule has 0 bridgehead atoms. The van der Waals surface area contributed by atoms with Crippen LogP contribution in [-0.4, -0.2) is 46.1 Å². The Labute approximate surface area is 197 Å². The van der Waals surface area contributed by atoms with Gasteiger partial charge >= 0.3 is 0 Å². The van der Waals surface area contributed by atoms with Crippen molar-refractivity contribution < 1.29 is 9.15 Å². The number of oxazole rings is 1. The third-order valence-electron chi connectivity index (χ3n) is 5.78. The Kier molecular flexibility index (Phi) is 6.20. The molecule has 0 unspecified atom stereocenters. The average Bonchev–Trinajstić information content (AvgIpc) is 3.46. The average molecular weight is 462 g/mol. The fraction of sp³-hybridized carbons (Fsp3) is 0.320. The first-order chi connectivity index (χ1) is 16.1. The minimum Gasteiger partial charge on any atom is -0.444 e. The Hall–Kier alpha value is -3.10. The van der Waals surface area contributed by atoms with E-state index in [-0.39, 0.29) is 0 Å². The molecule has 33 heavy (non-hydrogen) atoms. The standard InChI is InChI=1S/C25H27N5O2S/c1-17-8-9-21(19(3)14-17)23-26-20(15-32-23)16-33-25-28-27-24(29-10-12-31-13-11-29)30(25)22-7-5-4-6-18(22)2/h4-9,14-15H,10-13,16H2,1-3H3. The summed E-state index contributed by atoms with van der Waals surface area (Å²) in [6.45, 7) is 9.28. The van der Waals surface area contributed by atoms with E-state index >= 15 is 0 Å². The molecular weight excluding hydrogens is 434 g/mol. The van der Waals surface area contributed by atoms with Crippen LogP contribution in [0.2, 0.25) is 0 Å². The van der Waals surface area contributed by atoms with Gasteiger partial charge in [0.05, 0.1) is 24.6 Å². The molecule has 8 heteroatoms. The summed E-state index contributed by atoms with van der Waals surface area (Å²) in [6, 6.07) is 14.6. The molecule has 0 aliphatic carbocycles. The van der Waals surface area contributed by atoms with Gasteiger partial charge in [0.2, 0.25) is 11.8 Å². The summed E-state index contributed by atoms with van der Waals surface area (Å²) in [5.41, 5.74) is 6.54. The van der Waals surface area contributed by atoms with Gasteiger partial charge in [-0.2, -0.15) is 0 Å². The topological polar surface area (TPSA) is 69.2 Å². The first-order valence-corrected chi connectivity index (χ1v) is 12.1. The number of anilines is 1. The van der Waals surface area contributed by atoms with Crippen LogP contribution in [0.15, 0.2) is 58.3 Å². The second-order valence-corrected chi connectivity index (χ2v) is 9.20. The lowest BCUT2D eigenvalue weighted by Crippen LogP contribution is -2.38. The molecule has 1 aliphatic heterocycles. The molecule has 1 fully saturated rings. The number of rotatable bonds is 6. The number of aromatic nitrogens is 4. The van der Waals surface area contributed by atoms with Gasteiger partial charge in [0.15, 0.2) is 5.16 Å². The predicted molar refractivity (Wildman–Crippen MR) is 130 cm³/mol. The van der Waals surface area contributed by atoms with Gasteiger partial charge in [-0.25, -0.2) is 4.98 Å². The highest BCUT2D eigenvalue weighted by Gasteiger charge is 2.23. The van der Waals surface area contributed by atoms with E-state index < -0.39 is 0 Å². The Bertz CT molecular complexity index is 1260. The predicted octanol–water partition coefficient (Wildman–Crippen LogP) is 4.98. The molecule has 0 saturated carbocycles. The SMILES string of the molecule is Cc1ccc(-c2nc(CSc3nnc(N4CCOCC4)n3-c3ccccc3C)co2)c(C)c1. The van der Waals surface area contributed by atoms with Crippen LogP contribution in [0.25, 0.3) is 17.1 Å². The second kappa shape index (κ2) is 9.41. The van der Waals surface area contributed by atoms with Crippen LogP contribution < -0.4 is 4.90 Å². The maximum atomic E-state index is 5.80. The van der Waals surface area contributed by atoms with Crippen molar-refractivity contribution >= 4 is 17.7 Å². The lowest BCUT2D eigenvalue weighted by molar-refractivity contribution is 0.122. The van der Waals surface area contributed by atoms with Crippen LogP contribution in [0, 0.1) is 20.8 Å². The van der Waals surface area contributed by atoms with E-state index in [2.05, 4.69) is 70.8 Å². The van der Waals surface area contributed by atoms with Crippen molar-refractivity contribution in [2.45, 2.75) is 31.7 Å². The number of nitrogens with zero attached hydrogens (tertiary/aromatic N) is 5. The van der Waals surface area contributed by atoms with Gasteiger partial charge in [-0.1, -0.05) is 47.7 Å². The highest BCUT2D eigenvalue weighted by atomic mass is 32.2. The Morgan fingerprint density at radius 1 is 0.970 bits per heavy atom. The zero-order chi connectivity index (χ0) is 22.8. The lowest BCUT2D eigenvalue weighted by Gasteiger charge is -2.28. The van der Waals surface area contributed by atoms with E-state index in [0.717, 1.165) is 46.7 Å². The molecule has 1 saturated heterocycles. The van der Waals surface area contributed by atoms with Gasteiger partial charge in [0, 0.05) is 24.4 Å². The van der Waals surface area contributed by atoms with E-state index in [1.807, 2.05) is 12.1 Å². The van der Waals surface area contributed by atoms with Crippen molar-refractivity contribution in [2.24, 2.45) is 0 Å². The van der Waals surface area contributed by atoms with Crippen molar-refractivity contribution in [3.05, 3.63) is 71.1 Å². The molecule has 1 aliphatic rings. The number of morpholine rings is 1. The van der Waals surface area contributed by atoms with Crippen LogP contribution in [0.4, 0.5) is 5.95 Å². The zero-order valence-electron chi connectivity index (χ0n) is 19.1. The van der Waals surface area contributed by atoms with Gasteiger partial charge in [-0.15, -0.1) is 10.2 Å². The molecule has 3 heterocycles. The third kappa shape index (κ3) is 4.54. The summed E-state index contributed by atoms with van der Waals surface area (Å²) in [5.74, 6) is 2.14. The molecule has 5 rings (SSSR count). The fourth-order valence-corrected chi connectivity index (χ4v) is 4.86.